The van der Waals surface area contributed by atoms with Crippen LogP contribution >= 0.6 is 0 Å². The standard InChI is InChI=1S/C19H18N4/c20-9-1-2-17-12-15(13-21)3-8-19(17)16-4-6-18(7-5-16)23-11-10-22-14-23/h3-8,10-12,14H,1-2,9,20H2. The van der Waals surface area contributed by atoms with Gasteiger partial charge in [0.05, 0.1) is 18.0 Å². The zero-order valence-corrected chi connectivity index (χ0v) is 12.8. The first-order chi connectivity index (χ1) is 11.3. The van der Waals surface area contributed by atoms with E-state index in [1.165, 1.54) is 5.56 Å². The molecule has 114 valence electrons. The summed E-state index contributed by atoms with van der Waals surface area (Å²) in [6, 6.07) is 16.4. The van der Waals surface area contributed by atoms with Gasteiger partial charge in [0.15, 0.2) is 0 Å². The summed E-state index contributed by atoms with van der Waals surface area (Å²) < 4.78 is 1.97. The first-order valence-corrected chi connectivity index (χ1v) is 7.63. The van der Waals surface area contributed by atoms with Crippen molar-refractivity contribution in [1.29, 1.82) is 5.26 Å². The molecule has 0 atom stereocenters. The molecule has 0 saturated heterocycles. The van der Waals surface area contributed by atoms with Crippen LogP contribution in [0.5, 0.6) is 0 Å². The first-order valence-electron chi connectivity index (χ1n) is 7.63. The molecular formula is C19H18N4. The number of hydrogen-bond acceptors (Lipinski definition) is 3. The molecule has 0 aliphatic heterocycles. The second kappa shape index (κ2) is 6.91. The van der Waals surface area contributed by atoms with Crippen LogP contribution < -0.4 is 5.73 Å². The average molecular weight is 302 g/mol. The molecule has 3 rings (SSSR count). The van der Waals surface area contributed by atoms with Crippen LogP contribution in [0.15, 0.2) is 61.2 Å². The molecule has 0 spiro atoms. The molecule has 1 aromatic heterocycles. The molecule has 0 unspecified atom stereocenters. The maximum atomic E-state index is 9.11. The van der Waals surface area contributed by atoms with Gasteiger partial charge in [-0.1, -0.05) is 18.2 Å². The van der Waals surface area contributed by atoms with E-state index in [9.17, 15) is 0 Å². The molecule has 0 bridgehead atoms. The highest BCUT2D eigenvalue weighted by Gasteiger charge is 2.07. The molecule has 1 heterocycles. The monoisotopic (exact) mass is 302 g/mol. The highest BCUT2D eigenvalue weighted by atomic mass is 15.0. The van der Waals surface area contributed by atoms with Crippen LogP contribution in [0.4, 0.5) is 0 Å². The van der Waals surface area contributed by atoms with Crippen LogP contribution in [-0.2, 0) is 6.42 Å². The lowest BCUT2D eigenvalue weighted by Gasteiger charge is -2.11. The second-order valence-electron chi connectivity index (χ2n) is 5.39. The van der Waals surface area contributed by atoms with E-state index >= 15 is 0 Å². The summed E-state index contributed by atoms with van der Waals surface area (Å²) in [7, 11) is 0. The largest absolute Gasteiger partial charge is 0.330 e. The Morgan fingerprint density at radius 1 is 1.13 bits per heavy atom. The quantitative estimate of drug-likeness (QED) is 0.786. The van der Waals surface area contributed by atoms with Crippen molar-refractivity contribution in [2.24, 2.45) is 5.73 Å². The minimum Gasteiger partial charge on any atom is -0.330 e. The summed E-state index contributed by atoms with van der Waals surface area (Å²) in [6.07, 6.45) is 7.26. The Hall–Kier alpha value is -2.90. The molecule has 0 aliphatic carbocycles. The number of nitriles is 1. The molecule has 2 N–H and O–H groups in total. The summed E-state index contributed by atoms with van der Waals surface area (Å²) in [5.74, 6) is 0. The topological polar surface area (TPSA) is 67.6 Å². The van der Waals surface area contributed by atoms with Crippen molar-refractivity contribution in [3.63, 3.8) is 0 Å². The molecule has 23 heavy (non-hydrogen) atoms. The van der Waals surface area contributed by atoms with Crippen LogP contribution in [0, 0.1) is 11.3 Å². The molecule has 2 aromatic carbocycles. The van der Waals surface area contributed by atoms with Gasteiger partial charge in [-0.15, -0.1) is 0 Å². The number of aromatic nitrogens is 2. The van der Waals surface area contributed by atoms with E-state index in [1.807, 2.05) is 29.0 Å². The van der Waals surface area contributed by atoms with E-state index < -0.39 is 0 Å². The molecule has 4 heteroatoms. The van der Waals surface area contributed by atoms with Gasteiger partial charge in [-0.25, -0.2) is 4.98 Å². The predicted molar refractivity (Wildman–Crippen MR) is 91.1 cm³/mol. The number of rotatable bonds is 5. The fourth-order valence-corrected chi connectivity index (χ4v) is 2.67. The number of nitrogens with two attached hydrogens (primary N) is 1. The summed E-state index contributed by atoms with van der Waals surface area (Å²) in [6.45, 7) is 0.649. The number of nitrogens with zero attached hydrogens (tertiary/aromatic N) is 3. The van der Waals surface area contributed by atoms with E-state index in [0.717, 1.165) is 29.7 Å². The van der Waals surface area contributed by atoms with Gasteiger partial charge in [0.1, 0.15) is 0 Å². The van der Waals surface area contributed by atoms with Crippen LogP contribution in [0.1, 0.15) is 17.5 Å². The Balaban J connectivity index is 1.95. The molecule has 0 aliphatic rings. The van der Waals surface area contributed by atoms with Crippen LogP contribution in [-0.4, -0.2) is 16.1 Å². The number of hydrogen-bond donors (Lipinski definition) is 1. The highest BCUT2D eigenvalue weighted by molar-refractivity contribution is 5.69. The summed E-state index contributed by atoms with van der Waals surface area (Å²) in [5.41, 5.74) is 10.9. The molecule has 3 aromatic rings. The van der Waals surface area contributed by atoms with Crippen molar-refractivity contribution >= 4 is 0 Å². The van der Waals surface area contributed by atoms with Gasteiger partial charge >= 0.3 is 0 Å². The number of benzene rings is 2. The zero-order chi connectivity index (χ0) is 16.1. The van der Waals surface area contributed by atoms with E-state index in [2.05, 4.69) is 35.3 Å². The van der Waals surface area contributed by atoms with Gasteiger partial charge in [0.25, 0.3) is 0 Å². The summed E-state index contributed by atoms with van der Waals surface area (Å²) in [5, 5.41) is 9.11. The highest BCUT2D eigenvalue weighted by Crippen LogP contribution is 2.27. The molecule has 0 amide bonds. The Morgan fingerprint density at radius 2 is 1.96 bits per heavy atom. The Labute approximate surface area is 135 Å². The molecular weight excluding hydrogens is 284 g/mol. The zero-order valence-electron chi connectivity index (χ0n) is 12.8. The van der Waals surface area contributed by atoms with E-state index in [0.29, 0.717) is 12.1 Å². The predicted octanol–water partition coefficient (Wildman–Crippen LogP) is 3.30. The Bertz CT molecular complexity index is 812. The van der Waals surface area contributed by atoms with Gasteiger partial charge in [-0.05, 0) is 60.3 Å². The van der Waals surface area contributed by atoms with Gasteiger partial charge in [0, 0.05) is 18.1 Å². The molecule has 0 radical (unpaired) electrons. The Kier molecular flexibility index (Phi) is 4.51. The van der Waals surface area contributed by atoms with Gasteiger partial charge < -0.3 is 10.3 Å². The normalized spacial score (nSPS) is 10.4. The SMILES string of the molecule is N#Cc1ccc(-c2ccc(-n3ccnc3)cc2)c(CCCN)c1. The smallest absolute Gasteiger partial charge is 0.0991 e. The van der Waals surface area contributed by atoms with Crippen LogP contribution in [0.25, 0.3) is 16.8 Å². The van der Waals surface area contributed by atoms with Crippen molar-refractivity contribution < 1.29 is 0 Å². The fraction of sp³-hybridized carbons (Fsp3) is 0.158. The van der Waals surface area contributed by atoms with Crippen molar-refractivity contribution in [1.82, 2.24) is 9.55 Å². The van der Waals surface area contributed by atoms with Gasteiger partial charge in [-0.2, -0.15) is 5.26 Å². The first kappa shape index (κ1) is 15.0. The third-order valence-electron chi connectivity index (χ3n) is 3.87. The summed E-state index contributed by atoms with van der Waals surface area (Å²) in [4.78, 5) is 4.07. The lowest BCUT2D eigenvalue weighted by molar-refractivity contribution is 0.833. The van der Waals surface area contributed by atoms with E-state index in [4.69, 9.17) is 11.0 Å². The van der Waals surface area contributed by atoms with Crippen molar-refractivity contribution in [3.8, 4) is 22.9 Å². The maximum absolute atomic E-state index is 9.11. The minimum atomic E-state index is 0.649. The van der Waals surface area contributed by atoms with E-state index in [-0.39, 0.29) is 0 Å². The third-order valence-corrected chi connectivity index (χ3v) is 3.87. The number of imidazole rings is 1. The van der Waals surface area contributed by atoms with E-state index in [1.54, 1.807) is 12.5 Å². The van der Waals surface area contributed by atoms with Crippen LogP contribution in [0.2, 0.25) is 0 Å². The fourth-order valence-electron chi connectivity index (χ4n) is 2.67. The molecule has 4 nitrogen and oxygen atoms in total. The van der Waals surface area contributed by atoms with Crippen molar-refractivity contribution in [2.45, 2.75) is 12.8 Å². The van der Waals surface area contributed by atoms with Gasteiger partial charge in [-0.3, -0.25) is 0 Å². The van der Waals surface area contributed by atoms with Crippen molar-refractivity contribution in [2.75, 3.05) is 6.54 Å². The average Bonchev–Trinajstić information content (AvgIpc) is 3.14. The second-order valence-corrected chi connectivity index (χ2v) is 5.39. The third kappa shape index (κ3) is 3.31. The van der Waals surface area contributed by atoms with Crippen molar-refractivity contribution in [3.05, 3.63) is 72.3 Å². The minimum absolute atomic E-state index is 0.649. The lowest BCUT2D eigenvalue weighted by atomic mass is 9.95. The number of aryl methyl sites for hydroxylation is 1. The Morgan fingerprint density at radius 3 is 2.61 bits per heavy atom. The molecule has 0 fully saturated rings. The molecule has 0 saturated carbocycles. The lowest BCUT2D eigenvalue weighted by Crippen LogP contribution is -2.01. The summed E-state index contributed by atoms with van der Waals surface area (Å²) >= 11 is 0. The van der Waals surface area contributed by atoms with Gasteiger partial charge in [0.2, 0.25) is 0 Å². The van der Waals surface area contributed by atoms with Crippen LogP contribution in [0.3, 0.4) is 0 Å². The maximum Gasteiger partial charge on any atom is 0.0991 e.